The molecule has 0 aromatic heterocycles. The second-order valence-corrected chi connectivity index (χ2v) is 10.5. The van der Waals surface area contributed by atoms with Crippen molar-refractivity contribution in [1.82, 2.24) is 0 Å². The molecule has 0 aliphatic heterocycles. The van der Waals surface area contributed by atoms with Crippen molar-refractivity contribution in [3.05, 3.63) is 0 Å². The fraction of sp³-hybridized carbons (Fsp3) is 0.909. The van der Waals surface area contributed by atoms with Crippen molar-refractivity contribution in [2.24, 2.45) is 0 Å². The Kier molecular flexibility index (Phi) is 7.91. The monoisotopic (exact) mass is 309 g/mol. The maximum absolute atomic E-state index is 10.7. The normalized spacial score (nSPS) is 12.8. The summed E-state index contributed by atoms with van der Waals surface area (Å²) in [5.41, 5.74) is 0. The Morgan fingerprint density at radius 3 is 1.38 bits per heavy atom. The van der Waals surface area contributed by atoms with Gasteiger partial charge in [0.15, 0.2) is 0 Å². The van der Waals surface area contributed by atoms with E-state index in [1.807, 2.05) is 47.8 Å². The van der Waals surface area contributed by atoms with Gasteiger partial charge in [-0.05, 0) is 0 Å². The van der Waals surface area contributed by atoms with Gasteiger partial charge in [0, 0.05) is 0 Å². The van der Waals surface area contributed by atoms with Gasteiger partial charge in [0.2, 0.25) is 0 Å². The van der Waals surface area contributed by atoms with Crippen LogP contribution in [-0.2, 0) is 34.8 Å². The van der Waals surface area contributed by atoms with Gasteiger partial charge in [-0.25, -0.2) is 0 Å². The second kappa shape index (κ2) is 7.70. The molecule has 0 aliphatic carbocycles. The Labute approximate surface area is 105 Å². The SMILES string of the molecule is CC(C)[O][Zr]([CH2][C]=O)([O]C(C)C)[O]C(C)C. The van der Waals surface area contributed by atoms with Gasteiger partial charge in [-0.2, -0.15) is 0 Å². The van der Waals surface area contributed by atoms with Gasteiger partial charge >= 0.3 is 105 Å². The molecule has 0 atom stereocenters. The van der Waals surface area contributed by atoms with Crippen LogP contribution in [0.15, 0.2) is 0 Å². The first kappa shape index (κ1) is 16.4. The van der Waals surface area contributed by atoms with E-state index in [-0.39, 0.29) is 22.4 Å². The third-order valence-electron chi connectivity index (χ3n) is 1.53. The molecule has 0 aromatic carbocycles. The van der Waals surface area contributed by atoms with Gasteiger partial charge in [0.05, 0.1) is 0 Å². The van der Waals surface area contributed by atoms with Crippen LogP contribution in [0.5, 0.6) is 0 Å². The summed E-state index contributed by atoms with van der Waals surface area (Å²) in [7, 11) is 0. The standard InChI is InChI=1S/3C3H7O.C2H2O.Zr/c3*1-3(2)4;1-2-3;/h3*3H,1-2H3;1H2;/q3*-1;;+3. The molecule has 0 aliphatic rings. The molecule has 95 valence electrons. The summed E-state index contributed by atoms with van der Waals surface area (Å²) in [6.45, 7) is 11.5. The Hall–Kier alpha value is 0.433. The van der Waals surface area contributed by atoms with Crippen molar-refractivity contribution in [2.45, 2.75) is 64.0 Å². The summed E-state index contributed by atoms with van der Waals surface area (Å²) in [5, 5.41) is 0. The number of carbonyl (C=O) groups excluding carboxylic acids is 1. The minimum absolute atomic E-state index is 0.00153. The van der Waals surface area contributed by atoms with Crippen LogP contribution in [0.25, 0.3) is 0 Å². The molecule has 0 N–H and O–H groups in total. The molecule has 0 heterocycles. The summed E-state index contributed by atoms with van der Waals surface area (Å²) >= 11 is -3.73. The molecular formula is C11H23O4Zr. The molecule has 0 aromatic rings. The van der Waals surface area contributed by atoms with Gasteiger partial charge in [0.1, 0.15) is 0 Å². The van der Waals surface area contributed by atoms with E-state index in [9.17, 15) is 4.79 Å². The fourth-order valence-electron chi connectivity index (χ4n) is 1.37. The van der Waals surface area contributed by atoms with E-state index in [1.54, 1.807) is 0 Å². The number of hydrogen-bond acceptors (Lipinski definition) is 4. The average Bonchev–Trinajstić information content (AvgIpc) is 1.98. The molecule has 0 amide bonds. The minimum atomic E-state index is -3.73. The first-order valence-electron chi connectivity index (χ1n) is 5.69. The molecule has 16 heavy (non-hydrogen) atoms. The van der Waals surface area contributed by atoms with Gasteiger partial charge in [-0.1, -0.05) is 0 Å². The summed E-state index contributed by atoms with van der Waals surface area (Å²) in [6, 6.07) is 0. The van der Waals surface area contributed by atoms with Crippen LogP contribution < -0.4 is 0 Å². The predicted molar refractivity (Wildman–Crippen MR) is 59.2 cm³/mol. The van der Waals surface area contributed by atoms with Crippen molar-refractivity contribution in [2.75, 3.05) is 0 Å². The predicted octanol–water partition coefficient (Wildman–Crippen LogP) is 2.69. The third kappa shape index (κ3) is 6.90. The van der Waals surface area contributed by atoms with Crippen LogP contribution in [0.4, 0.5) is 0 Å². The van der Waals surface area contributed by atoms with E-state index in [0.29, 0.717) is 0 Å². The van der Waals surface area contributed by atoms with E-state index in [4.69, 9.17) is 8.44 Å². The van der Waals surface area contributed by atoms with Crippen LogP contribution in [0.3, 0.4) is 0 Å². The van der Waals surface area contributed by atoms with E-state index in [1.165, 1.54) is 0 Å². The molecule has 0 spiro atoms. The van der Waals surface area contributed by atoms with Crippen LogP contribution in [0.1, 0.15) is 41.5 Å². The van der Waals surface area contributed by atoms with Crippen LogP contribution in [-0.4, -0.2) is 24.6 Å². The van der Waals surface area contributed by atoms with Crippen LogP contribution in [0.2, 0.25) is 4.13 Å². The molecule has 1 radical (unpaired) electrons. The van der Waals surface area contributed by atoms with E-state index < -0.39 is 21.6 Å². The summed E-state index contributed by atoms with van der Waals surface area (Å²) in [6.07, 6.45) is 1.90. The fourth-order valence-corrected chi connectivity index (χ4v) is 8.13. The van der Waals surface area contributed by atoms with Gasteiger partial charge in [-0.3, -0.25) is 0 Å². The molecule has 4 nitrogen and oxygen atoms in total. The Morgan fingerprint density at radius 1 is 0.875 bits per heavy atom. The van der Waals surface area contributed by atoms with E-state index in [0.717, 1.165) is 0 Å². The molecule has 0 saturated carbocycles. The van der Waals surface area contributed by atoms with Crippen molar-refractivity contribution in [3.63, 3.8) is 0 Å². The van der Waals surface area contributed by atoms with Gasteiger partial charge < -0.3 is 0 Å². The Morgan fingerprint density at radius 2 is 1.19 bits per heavy atom. The second-order valence-electron chi connectivity index (χ2n) is 4.50. The first-order chi connectivity index (χ1) is 7.31. The Bertz CT molecular complexity index is 178. The molecule has 0 fully saturated rings. The summed E-state index contributed by atoms with van der Waals surface area (Å²) in [4.78, 5) is 10.7. The molecule has 5 heteroatoms. The van der Waals surface area contributed by atoms with Gasteiger partial charge in [-0.15, -0.1) is 0 Å². The zero-order chi connectivity index (χ0) is 12.8. The molecule has 0 bridgehead atoms. The molecule has 0 rings (SSSR count). The zero-order valence-corrected chi connectivity index (χ0v) is 13.5. The van der Waals surface area contributed by atoms with E-state index in [2.05, 4.69) is 0 Å². The number of rotatable bonds is 8. The van der Waals surface area contributed by atoms with Crippen molar-refractivity contribution < 1.29 is 34.8 Å². The average molecular weight is 311 g/mol. The van der Waals surface area contributed by atoms with Crippen molar-refractivity contribution in [1.29, 1.82) is 0 Å². The molecule has 0 saturated heterocycles. The van der Waals surface area contributed by atoms with Gasteiger partial charge in [0.25, 0.3) is 0 Å². The summed E-state index contributed by atoms with van der Waals surface area (Å²) in [5.74, 6) is 0. The van der Waals surface area contributed by atoms with Crippen LogP contribution in [0, 0.1) is 0 Å². The maximum atomic E-state index is 10.7. The topological polar surface area (TPSA) is 44.8 Å². The molecular weight excluding hydrogens is 287 g/mol. The van der Waals surface area contributed by atoms with Crippen molar-refractivity contribution >= 4 is 6.29 Å². The zero-order valence-electron chi connectivity index (χ0n) is 11.1. The van der Waals surface area contributed by atoms with E-state index >= 15 is 0 Å². The van der Waals surface area contributed by atoms with Crippen LogP contribution >= 0.6 is 0 Å². The van der Waals surface area contributed by atoms with Crippen molar-refractivity contribution in [3.8, 4) is 0 Å². The molecule has 0 unspecified atom stereocenters. The number of hydrogen-bond donors (Lipinski definition) is 0. The third-order valence-corrected chi connectivity index (χ3v) is 9.08. The Balaban J connectivity index is 4.79. The first-order valence-corrected chi connectivity index (χ1v) is 10.4. The quantitative estimate of drug-likeness (QED) is 0.691. The summed E-state index contributed by atoms with van der Waals surface area (Å²) < 4.78 is 17.6.